The zero-order valence-electron chi connectivity index (χ0n) is 12.1. The first-order valence-electron chi connectivity index (χ1n) is 6.91. The van der Waals surface area contributed by atoms with E-state index < -0.39 is 0 Å². The molecular weight excluding hydrogens is 264 g/mol. The average molecular weight is 282 g/mol. The second kappa shape index (κ2) is 5.88. The summed E-state index contributed by atoms with van der Waals surface area (Å²) in [6, 6.07) is 10.5. The van der Waals surface area contributed by atoms with Crippen molar-refractivity contribution >= 4 is 0 Å². The highest BCUT2D eigenvalue weighted by Crippen LogP contribution is 2.16. The van der Waals surface area contributed by atoms with Gasteiger partial charge >= 0.3 is 0 Å². The first-order valence-corrected chi connectivity index (χ1v) is 6.91. The molecular formula is C15H18N6. The fourth-order valence-corrected chi connectivity index (χ4v) is 2.20. The number of hydrogen-bond donors (Lipinski definition) is 1. The number of nitrogens with zero attached hydrogens (tertiary/aromatic N) is 5. The summed E-state index contributed by atoms with van der Waals surface area (Å²) >= 11 is 0. The molecule has 2 aromatic heterocycles. The Hall–Kier alpha value is -2.47. The van der Waals surface area contributed by atoms with Gasteiger partial charge in [-0.2, -0.15) is 20.1 Å². The molecule has 0 aliphatic rings. The van der Waals surface area contributed by atoms with Gasteiger partial charge in [0.2, 0.25) is 0 Å². The van der Waals surface area contributed by atoms with Gasteiger partial charge < -0.3 is 5.32 Å². The van der Waals surface area contributed by atoms with E-state index in [-0.39, 0.29) is 6.04 Å². The van der Waals surface area contributed by atoms with Crippen molar-refractivity contribution in [3.05, 3.63) is 60.2 Å². The summed E-state index contributed by atoms with van der Waals surface area (Å²) < 4.78 is 1.86. The van der Waals surface area contributed by atoms with Crippen molar-refractivity contribution in [1.82, 2.24) is 30.1 Å². The number of rotatable bonds is 5. The third kappa shape index (κ3) is 3.17. The van der Waals surface area contributed by atoms with Gasteiger partial charge in [-0.3, -0.25) is 0 Å². The summed E-state index contributed by atoms with van der Waals surface area (Å²) in [6.45, 7) is 2.83. The molecule has 0 bridgehead atoms. The summed E-state index contributed by atoms with van der Waals surface area (Å²) in [6.07, 6.45) is 5.50. The van der Waals surface area contributed by atoms with Crippen molar-refractivity contribution in [2.45, 2.75) is 19.5 Å². The smallest absolute Gasteiger partial charge is 0.0964 e. The Morgan fingerprint density at radius 3 is 2.86 bits per heavy atom. The van der Waals surface area contributed by atoms with Gasteiger partial charge in [-0.1, -0.05) is 12.1 Å². The molecule has 0 saturated heterocycles. The lowest BCUT2D eigenvalue weighted by atomic mass is 10.1. The van der Waals surface area contributed by atoms with Crippen LogP contribution in [0.5, 0.6) is 0 Å². The Morgan fingerprint density at radius 1 is 1.24 bits per heavy atom. The van der Waals surface area contributed by atoms with E-state index in [9.17, 15) is 0 Å². The molecule has 0 aliphatic heterocycles. The Kier molecular flexibility index (Phi) is 3.79. The van der Waals surface area contributed by atoms with Gasteiger partial charge in [0.15, 0.2) is 0 Å². The number of nitrogens with one attached hydrogen (secondary N) is 1. The molecule has 0 saturated carbocycles. The molecule has 21 heavy (non-hydrogen) atoms. The standard InChI is InChI=1S/C15H18N6/c1-12(16-10-14-11-18-20(2)19-14)13-5-3-6-15(9-13)21-8-4-7-17-21/h3-9,11-12,16H,10H2,1-2H3. The molecule has 0 fully saturated rings. The highest BCUT2D eigenvalue weighted by atomic mass is 15.4. The first kappa shape index (κ1) is 13.5. The quantitative estimate of drug-likeness (QED) is 0.776. The van der Waals surface area contributed by atoms with Crippen LogP contribution in [0.2, 0.25) is 0 Å². The van der Waals surface area contributed by atoms with E-state index in [0.29, 0.717) is 6.54 Å². The third-order valence-electron chi connectivity index (χ3n) is 3.38. The van der Waals surface area contributed by atoms with Crippen LogP contribution in [0.25, 0.3) is 5.69 Å². The molecule has 0 amide bonds. The maximum atomic E-state index is 4.26. The van der Waals surface area contributed by atoms with Crippen molar-refractivity contribution in [2.75, 3.05) is 0 Å². The van der Waals surface area contributed by atoms with E-state index in [1.807, 2.05) is 36.1 Å². The van der Waals surface area contributed by atoms with Gasteiger partial charge in [-0.25, -0.2) is 4.68 Å². The van der Waals surface area contributed by atoms with E-state index in [1.165, 1.54) is 5.56 Å². The van der Waals surface area contributed by atoms with Crippen LogP contribution in [0.1, 0.15) is 24.2 Å². The van der Waals surface area contributed by atoms with Gasteiger partial charge in [0.1, 0.15) is 0 Å². The summed E-state index contributed by atoms with van der Waals surface area (Å²) in [5, 5.41) is 16.0. The Morgan fingerprint density at radius 2 is 2.14 bits per heavy atom. The van der Waals surface area contributed by atoms with Crippen LogP contribution in [-0.2, 0) is 13.6 Å². The van der Waals surface area contributed by atoms with Crippen LogP contribution in [-0.4, -0.2) is 24.8 Å². The number of aryl methyl sites for hydroxylation is 1. The molecule has 3 rings (SSSR count). The summed E-state index contributed by atoms with van der Waals surface area (Å²) in [4.78, 5) is 1.57. The molecule has 0 radical (unpaired) electrons. The monoisotopic (exact) mass is 282 g/mol. The Labute approximate surface area is 123 Å². The molecule has 108 valence electrons. The van der Waals surface area contributed by atoms with E-state index >= 15 is 0 Å². The number of hydrogen-bond acceptors (Lipinski definition) is 4. The summed E-state index contributed by atoms with van der Waals surface area (Å²) in [5.41, 5.74) is 3.21. The average Bonchev–Trinajstić information content (AvgIpc) is 3.16. The third-order valence-corrected chi connectivity index (χ3v) is 3.38. The van der Waals surface area contributed by atoms with Crippen molar-refractivity contribution in [2.24, 2.45) is 7.05 Å². The van der Waals surface area contributed by atoms with Gasteiger partial charge in [0.05, 0.1) is 17.6 Å². The summed E-state index contributed by atoms with van der Waals surface area (Å²) in [7, 11) is 1.82. The second-order valence-electron chi connectivity index (χ2n) is 4.97. The molecule has 1 unspecified atom stereocenters. The molecule has 1 N–H and O–H groups in total. The predicted molar refractivity (Wildman–Crippen MR) is 79.8 cm³/mol. The van der Waals surface area contributed by atoms with Gasteiger partial charge in [0.25, 0.3) is 0 Å². The molecule has 1 atom stereocenters. The van der Waals surface area contributed by atoms with E-state index in [4.69, 9.17) is 0 Å². The Bertz CT molecular complexity index is 701. The SMILES string of the molecule is CC(NCc1cnn(C)n1)c1cccc(-n2cccn2)c1. The lowest BCUT2D eigenvalue weighted by molar-refractivity contribution is 0.558. The minimum atomic E-state index is 0.225. The van der Waals surface area contributed by atoms with Crippen molar-refractivity contribution < 1.29 is 0 Å². The number of benzene rings is 1. The van der Waals surface area contributed by atoms with E-state index in [0.717, 1.165) is 11.4 Å². The topological polar surface area (TPSA) is 60.6 Å². The molecule has 1 aromatic carbocycles. The molecule has 3 aromatic rings. The van der Waals surface area contributed by atoms with Gasteiger partial charge in [-0.05, 0) is 30.7 Å². The van der Waals surface area contributed by atoms with Crippen LogP contribution in [0.3, 0.4) is 0 Å². The zero-order valence-corrected chi connectivity index (χ0v) is 12.1. The van der Waals surface area contributed by atoms with Crippen LogP contribution in [0, 0.1) is 0 Å². The lowest BCUT2D eigenvalue weighted by Gasteiger charge is -2.14. The zero-order chi connectivity index (χ0) is 14.7. The Balaban J connectivity index is 1.69. The van der Waals surface area contributed by atoms with Crippen LogP contribution in [0.4, 0.5) is 0 Å². The summed E-state index contributed by atoms with van der Waals surface area (Å²) in [5.74, 6) is 0. The van der Waals surface area contributed by atoms with Crippen molar-refractivity contribution in [3.8, 4) is 5.69 Å². The number of aromatic nitrogens is 5. The maximum absolute atomic E-state index is 4.26. The lowest BCUT2D eigenvalue weighted by Crippen LogP contribution is -2.18. The minimum absolute atomic E-state index is 0.225. The molecule has 0 spiro atoms. The van der Waals surface area contributed by atoms with Gasteiger partial charge in [0, 0.05) is 32.0 Å². The molecule has 6 heteroatoms. The highest BCUT2D eigenvalue weighted by Gasteiger charge is 2.07. The minimum Gasteiger partial charge on any atom is -0.304 e. The van der Waals surface area contributed by atoms with E-state index in [1.54, 1.807) is 17.2 Å². The molecule has 0 aliphatic carbocycles. The largest absolute Gasteiger partial charge is 0.304 e. The van der Waals surface area contributed by atoms with Crippen molar-refractivity contribution in [1.29, 1.82) is 0 Å². The fourth-order valence-electron chi connectivity index (χ4n) is 2.20. The first-order chi connectivity index (χ1) is 10.2. The van der Waals surface area contributed by atoms with Crippen LogP contribution in [0.15, 0.2) is 48.9 Å². The fraction of sp³-hybridized carbons (Fsp3) is 0.267. The molecule has 6 nitrogen and oxygen atoms in total. The highest BCUT2D eigenvalue weighted by molar-refractivity contribution is 5.36. The van der Waals surface area contributed by atoms with E-state index in [2.05, 4.69) is 39.7 Å². The second-order valence-corrected chi connectivity index (χ2v) is 4.97. The van der Waals surface area contributed by atoms with Crippen molar-refractivity contribution in [3.63, 3.8) is 0 Å². The van der Waals surface area contributed by atoms with Crippen LogP contribution < -0.4 is 5.32 Å². The van der Waals surface area contributed by atoms with Crippen LogP contribution >= 0.6 is 0 Å². The van der Waals surface area contributed by atoms with Gasteiger partial charge in [-0.15, -0.1) is 0 Å². The predicted octanol–water partition coefficient (Wildman–Crippen LogP) is 1.85. The molecule has 2 heterocycles. The maximum Gasteiger partial charge on any atom is 0.0964 e. The normalized spacial score (nSPS) is 12.5.